The maximum atomic E-state index is 11.2. The van der Waals surface area contributed by atoms with Crippen LogP contribution >= 0.6 is 0 Å². The van der Waals surface area contributed by atoms with Crippen LogP contribution in [0.5, 0.6) is 0 Å². The fourth-order valence-corrected chi connectivity index (χ4v) is 3.65. The van der Waals surface area contributed by atoms with Gasteiger partial charge >= 0.3 is 0 Å². The fraction of sp³-hybridized carbons (Fsp3) is 1.00. The van der Waals surface area contributed by atoms with Gasteiger partial charge in [0.05, 0.1) is 6.61 Å². The van der Waals surface area contributed by atoms with Gasteiger partial charge < -0.3 is 5.11 Å². The molecule has 0 aromatic carbocycles. The molecule has 1 N–H and O–H groups in total. The van der Waals surface area contributed by atoms with Crippen molar-refractivity contribution < 1.29 is 17.7 Å². The molecule has 0 rings (SSSR count). The molecule has 26 heavy (non-hydrogen) atoms. The molecule has 0 heterocycles. The van der Waals surface area contributed by atoms with Crippen LogP contribution in [0.4, 0.5) is 0 Å². The average Bonchev–Trinajstić information content (AvgIpc) is 2.60. The van der Waals surface area contributed by atoms with Gasteiger partial charge in [-0.3, -0.25) is 4.18 Å². The van der Waals surface area contributed by atoms with Gasteiger partial charge in [-0.2, -0.15) is 8.42 Å². The third kappa shape index (κ3) is 17.3. The molecule has 0 bridgehead atoms. The number of unbranched alkanes of at least 4 members (excludes halogenated alkanes) is 16. The van der Waals surface area contributed by atoms with E-state index < -0.39 is 15.6 Å². The quantitative estimate of drug-likeness (QED) is 0.194. The van der Waals surface area contributed by atoms with E-state index in [9.17, 15) is 8.42 Å². The molecule has 0 aromatic heterocycles. The van der Waals surface area contributed by atoms with Gasteiger partial charge in [-0.05, 0) is 13.3 Å². The topological polar surface area (TPSA) is 63.6 Å². The summed E-state index contributed by atoms with van der Waals surface area (Å²) in [5, 5.41) is 9.01. The van der Waals surface area contributed by atoms with E-state index in [2.05, 4.69) is 6.92 Å². The highest BCUT2D eigenvalue weighted by Gasteiger charge is 2.17. The molecule has 1 unspecified atom stereocenters. The second kappa shape index (κ2) is 18.2. The molecule has 0 aliphatic heterocycles. The van der Waals surface area contributed by atoms with E-state index >= 15 is 0 Å². The third-order valence-corrected chi connectivity index (χ3v) is 6.24. The summed E-state index contributed by atoms with van der Waals surface area (Å²) in [7, 11) is -3.76. The summed E-state index contributed by atoms with van der Waals surface area (Å²) in [5.41, 5.74) is -1.44. The van der Waals surface area contributed by atoms with Crippen LogP contribution in [-0.2, 0) is 14.3 Å². The molecule has 158 valence electrons. The smallest absolute Gasteiger partial charge is 0.294 e. The lowest BCUT2D eigenvalue weighted by Gasteiger charge is -2.07. The first-order valence-electron chi connectivity index (χ1n) is 11.1. The lowest BCUT2D eigenvalue weighted by molar-refractivity contribution is 0.223. The van der Waals surface area contributed by atoms with Gasteiger partial charge in [-0.25, -0.2) is 0 Å². The molecule has 0 saturated carbocycles. The fourth-order valence-electron chi connectivity index (χ4n) is 3.10. The molecule has 0 saturated heterocycles. The predicted octanol–water partition coefficient (Wildman–Crippen LogP) is 6.32. The van der Waals surface area contributed by atoms with Crippen LogP contribution in [0.2, 0.25) is 0 Å². The van der Waals surface area contributed by atoms with Crippen LogP contribution < -0.4 is 0 Å². The predicted molar refractivity (Wildman–Crippen MR) is 111 cm³/mol. The SMILES string of the molecule is CCCCCCCCCCCCCCCCCCCOS(=O)(=O)C(C)O. The monoisotopic (exact) mass is 392 g/mol. The Labute approximate surface area is 163 Å². The van der Waals surface area contributed by atoms with E-state index in [0.29, 0.717) is 0 Å². The molecule has 1 atom stereocenters. The summed E-state index contributed by atoms with van der Waals surface area (Å²) in [4.78, 5) is 0. The molecule has 0 fully saturated rings. The second-order valence-corrected chi connectivity index (χ2v) is 9.47. The highest BCUT2D eigenvalue weighted by atomic mass is 32.2. The van der Waals surface area contributed by atoms with Crippen molar-refractivity contribution in [2.45, 2.75) is 128 Å². The Morgan fingerprint density at radius 3 is 1.27 bits per heavy atom. The molecule has 0 amide bonds. The van der Waals surface area contributed by atoms with Crippen molar-refractivity contribution in [2.75, 3.05) is 6.61 Å². The van der Waals surface area contributed by atoms with Crippen molar-refractivity contribution in [3.05, 3.63) is 0 Å². The normalized spacial score (nSPS) is 13.2. The molecular weight excluding hydrogens is 348 g/mol. The Kier molecular flexibility index (Phi) is 18.2. The molecule has 5 heteroatoms. The summed E-state index contributed by atoms with van der Waals surface area (Å²) in [6, 6.07) is 0. The Morgan fingerprint density at radius 2 is 0.962 bits per heavy atom. The summed E-state index contributed by atoms with van der Waals surface area (Å²) in [6.45, 7) is 3.67. The van der Waals surface area contributed by atoms with Gasteiger partial charge in [0.2, 0.25) is 0 Å². The summed E-state index contributed by atoms with van der Waals surface area (Å²) < 4.78 is 27.2. The number of aliphatic hydroxyl groups excluding tert-OH is 1. The van der Waals surface area contributed by atoms with Crippen molar-refractivity contribution in [1.82, 2.24) is 0 Å². The molecule has 0 aromatic rings. The van der Waals surface area contributed by atoms with Crippen LogP contribution in [0.15, 0.2) is 0 Å². The number of hydrogen-bond donors (Lipinski definition) is 1. The van der Waals surface area contributed by atoms with Gasteiger partial charge in [-0.1, -0.05) is 110 Å². The Bertz CT molecular complexity index is 379. The zero-order chi connectivity index (χ0) is 19.5. The maximum absolute atomic E-state index is 11.2. The van der Waals surface area contributed by atoms with Gasteiger partial charge in [-0.15, -0.1) is 0 Å². The van der Waals surface area contributed by atoms with Crippen molar-refractivity contribution in [3.63, 3.8) is 0 Å². The summed E-state index contributed by atoms with van der Waals surface area (Å²) in [6.07, 6.45) is 22.1. The maximum Gasteiger partial charge on any atom is 0.294 e. The van der Waals surface area contributed by atoms with E-state index in [4.69, 9.17) is 9.29 Å². The van der Waals surface area contributed by atoms with Crippen molar-refractivity contribution in [3.8, 4) is 0 Å². The molecule has 0 spiro atoms. The molecule has 0 aliphatic rings. The van der Waals surface area contributed by atoms with Crippen molar-refractivity contribution in [2.24, 2.45) is 0 Å². The number of hydrogen-bond acceptors (Lipinski definition) is 4. The number of rotatable bonds is 20. The van der Waals surface area contributed by atoms with Gasteiger partial charge in [0, 0.05) is 0 Å². The van der Waals surface area contributed by atoms with Crippen LogP contribution in [0.1, 0.15) is 123 Å². The van der Waals surface area contributed by atoms with Gasteiger partial charge in [0.25, 0.3) is 10.1 Å². The third-order valence-electron chi connectivity index (χ3n) is 4.91. The van der Waals surface area contributed by atoms with Crippen molar-refractivity contribution in [1.29, 1.82) is 0 Å². The van der Waals surface area contributed by atoms with E-state index in [0.717, 1.165) is 19.3 Å². The summed E-state index contributed by atoms with van der Waals surface area (Å²) in [5.74, 6) is 0. The zero-order valence-corrected chi connectivity index (χ0v) is 18.2. The highest BCUT2D eigenvalue weighted by Crippen LogP contribution is 2.14. The Balaban J connectivity index is 3.14. The van der Waals surface area contributed by atoms with E-state index in [-0.39, 0.29) is 6.61 Å². The van der Waals surface area contributed by atoms with Gasteiger partial charge in [0.15, 0.2) is 5.44 Å². The number of aliphatic hydroxyl groups is 1. The molecule has 4 nitrogen and oxygen atoms in total. The van der Waals surface area contributed by atoms with Crippen LogP contribution in [0, 0.1) is 0 Å². The van der Waals surface area contributed by atoms with E-state index in [1.54, 1.807) is 0 Å². The summed E-state index contributed by atoms with van der Waals surface area (Å²) >= 11 is 0. The zero-order valence-electron chi connectivity index (χ0n) is 17.4. The van der Waals surface area contributed by atoms with E-state index in [1.807, 2.05) is 0 Å². The Hall–Kier alpha value is -0.130. The largest absolute Gasteiger partial charge is 0.375 e. The minimum atomic E-state index is -3.76. The molecule has 0 aliphatic carbocycles. The van der Waals surface area contributed by atoms with Crippen LogP contribution in [0.25, 0.3) is 0 Å². The van der Waals surface area contributed by atoms with Crippen LogP contribution in [0.3, 0.4) is 0 Å². The Morgan fingerprint density at radius 1 is 0.654 bits per heavy atom. The molecule has 0 radical (unpaired) electrons. The second-order valence-electron chi connectivity index (χ2n) is 7.57. The average molecular weight is 393 g/mol. The van der Waals surface area contributed by atoms with Gasteiger partial charge in [0.1, 0.15) is 0 Å². The minimum absolute atomic E-state index is 0.186. The first-order chi connectivity index (χ1) is 12.5. The standard InChI is InChI=1S/C21H44O4S/c1-3-4-5-6-7-8-9-10-11-12-13-14-15-16-17-18-19-20-25-26(23,24)21(2)22/h21-22H,3-20H2,1-2H3. The first-order valence-corrected chi connectivity index (χ1v) is 12.5. The van der Waals surface area contributed by atoms with E-state index in [1.165, 1.54) is 96.8 Å². The van der Waals surface area contributed by atoms with Crippen LogP contribution in [-0.4, -0.2) is 25.6 Å². The molecular formula is C21H44O4S. The minimum Gasteiger partial charge on any atom is -0.375 e. The van der Waals surface area contributed by atoms with Crippen molar-refractivity contribution >= 4 is 10.1 Å². The lowest BCUT2D eigenvalue weighted by Crippen LogP contribution is -2.20. The lowest BCUT2D eigenvalue weighted by atomic mass is 10.0. The highest BCUT2D eigenvalue weighted by molar-refractivity contribution is 7.87. The first kappa shape index (κ1) is 25.9.